The van der Waals surface area contributed by atoms with Gasteiger partial charge in [0.1, 0.15) is 42.9 Å². The van der Waals surface area contributed by atoms with Gasteiger partial charge >= 0.3 is 12.0 Å². The maximum Gasteiger partial charge on any atom is 0.328 e. The first kappa shape index (κ1) is 41.0. The van der Waals surface area contributed by atoms with Crippen molar-refractivity contribution in [2.24, 2.45) is 5.92 Å². The van der Waals surface area contributed by atoms with E-state index in [0.717, 1.165) is 11.3 Å². The Labute approximate surface area is 333 Å². The molecule has 4 aliphatic rings. The van der Waals surface area contributed by atoms with Crippen molar-refractivity contribution in [3.05, 3.63) is 60.2 Å². The Morgan fingerprint density at radius 2 is 1.51 bits per heavy atom. The number of fused-ring (bicyclic) bond motifs is 3. The van der Waals surface area contributed by atoms with E-state index in [0.29, 0.717) is 50.8 Å². The summed E-state index contributed by atoms with van der Waals surface area (Å²) in [6.45, 7) is 3.68. The van der Waals surface area contributed by atoms with Crippen LogP contribution in [0.4, 0.5) is 16.2 Å². The molecule has 0 radical (unpaired) electrons. The summed E-state index contributed by atoms with van der Waals surface area (Å²) >= 11 is 0. The third-order valence-corrected chi connectivity index (χ3v) is 11.3. The van der Waals surface area contributed by atoms with Gasteiger partial charge in [0.2, 0.25) is 29.5 Å². The van der Waals surface area contributed by atoms with Crippen LogP contribution in [0, 0.1) is 5.92 Å². The van der Waals surface area contributed by atoms with Gasteiger partial charge in [0, 0.05) is 51.5 Å². The molecule has 4 aliphatic heterocycles. The van der Waals surface area contributed by atoms with E-state index in [1.807, 2.05) is 56.3 Å². The summed E-state index contributed by atoms with van der Waals surface area (Å²) < 4.78 is 5.76. The van der Waals surface area contributed by atoms with Gasteiger partial charge in [-0.1, -0.05) is 37.3 Å². The fourth-order valence-electron chi connectivity index (χ4n) is 8.22. The molecule has 16 heteroatoms. The minimum absolute atomic E-state index is 0.0488. The zero-order chi connectivity index (χ0) is 40.8. The summed E-state index contributed by atoms with van der Waals surface area (Å²) in [5.41, 5.74) is 2.17. The SMILES string of the molecule is C[C@@H]1CC2C(=O)OC[C@H](NC(=O)[C@H](Cc3ccccc3)NC(=O)Nc3ccc(N(C)C)cc3)C(=O)N3CCC[C@H]3C(=O)N3CCCC[C@H]3C(=O)N[C@@H](C)C(=O)N2C1. The number of hydrogen-bond acceptors (Lipinski definition) is 9. The number of piperidine rings is 1. The number of esters is 1. The smallest absolute Gasteiger partial charge is 0.328 e. The molecule has 7 atom stereocenters. The van der Waals surface area contributed by atoms with E-state index >= 15 is 0 Å². The predicted molar refractivity (Wildman–Crippen MR) is 211 cm³/mol. The number of nitrogens with one attached hydrogen (secondary N) is 4. The second kappa shape index (κ2) is 18.1. The molecule has 2 aromatic rings. The molecule has 4 fully saturated rings. The van der Waals surface area contributed by atoms with Crippen LogP contribution in [-0.4, -0.2) is 133 Å². The maximum absolute atomic E-state index is 14.5. The largest absolute Gasteiger partial charge is 0.461 e. The van der Waals surface area contributed by atoms with Gasteiger partial charge in [-0.15, -0.1) is 0 Å². The van der Waals surface area contributed by atoms with Gasteiger partial charge in [-0.05, 0) is 81.2 Å². The van der Waals surface area contributed by atoms with E-state index < -0.39 is 78.5 Å². The molecule has 2 aromatic carbocycles. The number of anilines is 2. The predicted octanol–water partition coefficient (Wildman–Crippen LogP) is 1.64. The zero-order valence-corrected chi connectivity index (χ0v) is 33.1. The second-order valence-electron chi connectivity index (χ2n) is 15.8. The number of hydrogen-bond donors (Lipinski definition) is 4. The summed E-state index contributed by atoms with van der Waals surface area (Å²) in [5, 5.41) is 11.0. The number of benzene rings is 2. The second-order valence-corrected chi connectivity index (χ2v) is 15.8. The van der Waals surface area contributed by atoms with Crippen molar-refractivity contribution in [3.8, 4) is 0 Å². The van der Waals surface area contributed by atoms with Crippen LogP contribution in [0.25, 0.3) is 0 Å². The molecular formula is C41H54N8O8. The van der Waals surface area contributed by atoms with Crippen molar-refractivity contribution in [1.29, 1.82) is 0 Å². The summed E-state index contributed by atoms with van der Waals surface area (Å²) in [5.74, 6) is -3.46. The van der Waals surface area contributed by atoms with E-state index in [9.17, 15) is 33.6 Å². The summed E-state index contributed by atoms with van der Waals surface area (Å²) in [7, 11) is 3.80. The van der Waals surface area contributed by atoms with Crippen LogP contribution in [0.2, 0.25) is 0 Å². The van der Waals surface area contributed by atoms with E-state index in [1.165, 1.54) is 14.7 Å². The van der Waals surface area contributed by atoms with Crippen molar-refractivity contribution >= 4 is 52.9 Å². The van der Waals surface area contributed by atoms with Crippen LogP contribution in [0.15, 0.2) is 54.6 Å². The lowest BCUT2D eigenvalue weighted by molar-refractivity contribution is -0.158. The summed E-state index contributed by atoms with van der Waals surface area (Å²) in [6.07, 6.45) is 3.01. The van der Waals surface area contributed by atoms with Crippen molar-refractivity contribution in [1.82, 2.24) is 30.7 Å². The average molecular weight is 787 g/mol. The first-order valence-corrected chi connectivity index (χ1v) is 19.9. The fourth-order valence-corrected chi connectivity index (χ4v) is 8.22. The summed E-state index contributed by atoms with van der Waals surface area (Å²) in [6, 6.07) is 9.26. The molecule has 0 aromatic heterocycles. The highest BCUT2D eigenvalue weighted by Crippen LogP contribution is 2.28. The Balaban J connectivity index is 1.28. The lowest BCUT2D eigenvalue weighted by Gasteiger charge is -2.39. The number of nitrogens with zero attached hydrogens (tertiary/aromatic N) is 4. The molecule has 1 unspecified atom stereocenters. The quantitative estimate of drug-likeness (QED) is 0.303. The van der Waals surface area contributed by atoms with Crippen molar-refractivity contribution < 1.29 is 38.3 Å². The fraction of sp³-hybridized carbons (Fsp3) is 0.537. The lowest BCUT2D eigenvalue weighted by Crippen LogP contribution is -2.62. The molecule has 57 heavy (non-hydrogen) atoms. The number of rotatable bonds is 7. The Morgan fingerprint density at radius 3 is 2.23 bits per heavy atom. The molecule has 306 valence electrons. The normalized spacial score (nSPS) is 26.4. The molecule has 0 aliphatic carbocycles. The Bertz CT molecular complexity index is 1820. The monoisotopic (exact) mass is 786 g/mol. The molecule has 16 nitrogen and oxygen atoms in total. The highest BCUT2D eigenvalue weighted by atomic mass is 16.5. The van der Waals surface area contributed by atoms with Gasteiger partial charge < -0.3 is 45.6 Å². The molecule has 6 rings (SSSR count). The first-order chi connectivity index (χ1) is 27.3. The van der Waals surface area contributed by atoms with Gasteiger partial charge in [0.25, 0.3) is 0 Å². The Kier molecular flexibility index (Phi) is 13.0. The lowest BCUT2D eigenvalue weighted by atomic mass is 9.99. The van der Waals surface area contributed by atoms with Gasteiger partial charge in [-0.25, -0.2) is 9.59 Å². The number of carbonyl (C=O) groups excluding carboxylic acids is 7. The number of ether oxygens (including phenoxy) is 1. The van der Waals surface area contributed by atoms with Crippen molar-refractivity contribution in [3.63, 3.8) is 0 Å². The standard InChI is InChI=1S/C41H54N8O8/c1-25-21-34-40(55)57-24-31(44-35(50)30(22-27-11-6-5-7-12-27)45-41(56)43-28-15-17-29(18-16-28)46(3)4)38(53)48-20-10-14-33(48)39(54)47-19-9-8-13-32(47)36(51)42-26(2)37(52)49(34)23-25/h5-7,11-12,15-18,25-26,30-34H,8-10,13-14,19-24H2,1-4H3,(H,42,51)(H,44,50)(H2,43,45,56)/t25-,26+,30+,31+,32+,33+,34?/m1/s1. The molecule has 4 saturated heterocycles. The van der Waals surface area contributed by atoms with Gasteiger partial charge in [0.05, 0.1) is 0 Å². The highest BCUT2D eigenvalue weighted by Gasteiger charge is 2.46. The number of cyclic esters (lactones) is 1. The minimum atomic E-state index is -1.44. The Hall–Kier alpha value is -5.67. The van der Waals surface area contributed by atoms with Crippen LogP contribution >= 0.6 is 0 Å². The number of amides is 7. The summed E-state index contributed by atoms with van der Waals surface area (Å²) in [4.78, 5) is 104. The van der Waals surface area contributed by atoms with Crippen molar-refractivity contribution in [2.45, 2.75) is 95.0 Å². The average Bonchev–Trinajstić information content (AvgIpc) is 3.85. The first-order valence-electron chi connectivity index (χ1n) is 19.9. The van der Waals surface area contributed by atoms with Crippen LogP contribution in [0.1, 0.15) is 57.9 Å². The minimum Gasteiger partial charge on any atom is -0.461 e. The highest BCUT2D eigenvalue weighted by molar-refractivity contribution is 5.98. The number of carbonyl (C=O) groups is 7. The van der Waals surface area contributed by atoms with Gasteiger partial charge in [-0.2, -0.15) is 0 Å². The molecule has 4 heterocycles. The molecule has 4 N–H and O–H groups in total. The van der Waals surface area contributed by atoms with Gasteiger partial charge in [0.15, 0.2) is 0 Å². The molecule has 0 spiro atoms. The third kappa shape index (κ3) is 9.66. The van der Waals surface area contributed by atoms with Crippen LogP contribution in [0.3, 0.4) is 0 Å². The van der Waals surface area contributed by atoms with Gasteiger partial charge in [-0.3, -0.25) is 24.0 Å². The molecule has 7 amide bonds. The number of urea groups is 1. The Morgan fingerprint density at radius 1 is 0.825 bits per heavy atom. The molecular weight excluding hydrogens is 732 g/mol. The van der Waals surface area contributed by atoms with E-state index in [1.54, 1.807) is 31.2 Å². The van der Waals surface area contributed by atoms with Crippen molar-refractivity contribution in [2.75, 3.05) is 50.6 Å². The van der Waals surface area contributed by atoms with Crippen LogP contribution < -0.4 is 26.2 Å². The maximum atomic E-state index is 14.5. The molecule has 0 bridgehead atoms. The van der Waals surface area contributed by atoms with Crippen LogP contribution in [0.5, 0.6) is 0 Å². The van der Waals surface area contributed by atoms with Crippen LogP contribution in [-0.2, 0) is 39.9 Å². The van der Waals surface area contributed by atoms with E-state index in [4.69, 9.17) is 4.74 Å². The molecule has 0 saturated carbocycles. The zero-order valence-electron chi connectivity index (χ0n) is 33.1. The third-order valence-electron chi connectivity index (χ3n) is 11.3. The van der Waals surface area contributed by atoms with E-state index in [-0.39, 0.29) is 31.3 Å². The topological polar surface area (TPSA) is 190 Å². The van der Waals surface area contributed by atoms with E-state index in [2.05, 4.69) is 21.3 Å².